The van der Waals surface area contributed by atoms with Crippen LogP contribution in [-0.2, 0) is 17.6 Å². The number of aromatic nitrogens is 5. The lowest BCUT2D eigenvalue weighted by atomic mass is 10.1. The van der Waals surface area contributed by atoms with E-state index >= 15 is 0 Å². The Morgan fingerprint density at radius 1 is 1.00 bits per heavy atom. The van der Waals surface area contributed by atoms with Gasteiger partial charge in [-0.3, -0.25) is 4.98 Å². The Kier molecular flexibility index (Phi) is 5.45. The van der Waals surface area contributed by atoms with Crippen LogP contribution < -0.4 is 4.90 Å². The van der Waals surface area contributed by atoms with E-state index in [4.69, 9.17) is 14.7 Å². The molecule has 1 saturated heterocycles. The van der Waals surface area contributed by atoms with E-state index in [2.05, 4.69) is 33.1 Å². The summed E-state index contributed by atoms with van der Waals surface area (Å²) in [7, 11) is 0. The van der Waals surface area contributed by atoms with Crippen LogP contribution in [0.4, 0.5) is 10.2 Å². The van der Waals surface area contributed by atoms with Gasteiger partial charge in [0.15, 0.2) is 0 Å². The zero-order valence-corrected chi connectivity index (χ0v) is 19.2. The molecule has 0 atom stereocenters. The van der Waals surface area contributed by atoms with Crippen molar-refractivity contribution >= 4 is 11.5 Å². The van der Waals surface area contributed by atoms with E-state index in [0.29, 0.717) is 43.5 Å². The molecule has 0 amide bonds. The van der Waals surface area contributed by atoms with E-state index in [1.807, 2.05) is 22.9 Å². The van der Waals surface area contributed by atoms with Gasteiger partial charge >= 0.3 is 0 Å². The minimum absolute atomic E-state index is 0.163. The van der Waals surface area contributed by atoms with Crippen molar-refractivity contribution in [3.8, 4) is 0 Å². The quantitative estimate of drug-likeness (QED) is 0.437. The van der Waals surface area contributed by atoms with Crippen molar-refractivity contribution in [2.24, 2.45) is 0 Å². The second-order valence-electron chi connectivity index (χ2n) is 9.19. The summed E-state index contributed by atoms with van der Waals surface area (Å²) in [6, 6.07) is 8.17. The van der Waals surface area contributed by atoms with Gasteiger partial charge in [-0.2, -0.15) is 0 Å². The van der Waals surface area contributed by atoms with E-state index in [-0.39, 0.29) is 5.82 Å². The molecule has 174 valence electrons. The summed E-state index contributed by atoms with van der Waals surface area (Å²) in [4.78, 5) is 21.0. The smallest absolute Gasteiger partial charge is 0.147 e. The van der Waals surface area contributed by atoms with Crippen LogP contribution in [0.2, 0.25) is 0 Å². The van der Waals surface area contributed by atoms with Crippen molar-refractivity contribution in [1.29, 1.82) is 0 Å². The number of rotatable bonds is 6. The van der Waals surface area contributed by atoms with E-state index in [1.54, 1.807) is 13.1 Å². The monoisotopic (exact) mass is 458 g/mol. The molecule has 0 aromatic carbocycles. The lowest BCUT2D eigenvalue weighted by Crippen LogP contribution is -2.37. The van der Waals surface area contributed by atoms with E-state index in [1.165, 1.54) is 0 Å². The summed E-state index contributed by atoms with van der Waals surface area (Å²) >= 11 is 0. The van der Waals surface area contributed by atoms with Crippen LogP contribution >= 0.6 is 0 Å². The number of hydrogen-bond acceptors (Lipinski definition) is 6. The first-order chi connectivity index (χ1) is 16.6. The zero-order valence-electron chi connectivity index (χ0n) is 19.2. The van der Waals surface area contributed by atoms with Gasteiger partial charge in [0.05, 0.1) is 31.0 Å². The van der Waals surface area contributed by atoms with Crippen molar-refractivity contribution < 1.29 is 9.13 Å². The van der Waals surface area contributed by atoms with Gasteiger partial charge < -0.3 is 14.0 Å². The highest BCUT2D eigenvalue weighted by atomic mass is 19.1. The van der Waals surface area contributed by atoms with E-state index in [0.717, 1.165) is 59.9 Å². The van der Waals surface area contributed by atoms with E-state index in [9.17, 15) is 4.39 Å². The first-order valence-electron chi connectivity index (χ1n) is 11.9. The molecule has 7 nitrogen and oxygen atoms in total. The normalized spacial score (nSPS) is 16.4. The lowest BCUT2D eigenvalue weighted by molar-refractivity contribution is 0.122. The molecule has 1 aliphatic carbocycles. The van der Waals surface area contributed by atoms with E-state index < -0.39 is 0 Å². The Labute approximate surface area is 197 Å². The van der Waals surface area contributed by atoms with Crippen molar-refractivity contribution in [1.82, 2.24) is 24.3 Å². The number of pyridine rings is 2. The third kappa shape index (κ3) is 4.37. The minimum Gasteiger partial charge on any atom is -0.378 e. The van der Waals surface area contributed by atoms with Crippen LogP contribution in [0, 0.1) is 12.7 Å². The first-order valence-corrected chi connectivity index (χ1v) is 11.9. The molecular weight excluding hydrogens is 431 g/mol. The van der Waals surface area contributed by atoms with Gasteiger partial charge in [-0.1, -0.05) is 0 Å². The predicted octanol–water partition coefficient (Wildman–Crippen LogP) is 3.86. The number of imidazole rings is 1. The molecule has 0 unspecified atom stereocenters. The maximum absolute atomic E-state index is 14.6. The number of anilines is 1. The number of nitrogens with zero attached hydrogens (tertiary/aromatic N) is 6. The molecule has 6 rings (SSSR count). The number of morpholine rings is 1. The average molecular weight is 459 g/mol. The highest BCUT2D eigenvalue weighted by Gasteiger charge is 2.28. The molecule has 0 radical (unpaired) electrons. The number of hydrogen-bond donors (Lipinski definition) is 0. The van der Waals surface area contributed by atoms with Gasteiger partial charge in [-0.25, -0.2) is 19.3 Å². The van der Waals surface area contributed by atoms with Crippen LogP contribution in [0.15, 0.2) is 42.9 Å². The van der Waals surface area contributed by atoms with Crippen LogP contribution in [-0.4, -0.2) is 50.6 Å². The van der Waals surface area contributed by atoms with Crippen LogP contribution in [0.3, 0.4) is 0 Å². The van der Waals surface area contributed by atoms with Crippen molar-refractivity contribution in [2.45, 2.75) is 38.5 Å². The topological polar surface area (TPSA) is 68.4 Å². The van der Waals surface area contributed by atoms with Crippen LogP contribution in [0.25, 0.3) is 5.65 Å². The fourth-order valence-corrected chi connectivity index (χ4v) is 4.62. The Balaban J connectivity index is 1.34. The standard InChI is InChI=1S/C26H27FN6O/c1-17-26(27)22(19-2-3-19)14-21(29-17)15-23-30-20(16-25(31-23)33-8-10-34-11-9-33)12-18-4-6-32-7-5-28-24(32)13-18/h4-7,13-14,16,19H,2-3,8-12,15H2,1H3. The molecule has 5 heterocycles. The third-order valence-corrected chi connectivity index (χ3v) is 6.56. The van der Waals surface area contributed by atoms with Crippen molar-refractivity contribution in [3.63, 3.8) is 0 Å². The third-order valence-electron chi connectivity index (χ3n) is 6.56. The largest absolute Gasteiger partial charge is 0.378 e. The Bertz CT molecular complexity index is 1340. The van der Waals surface area contributed by atoms with Crippen molar-refractivity contribution in [2.75, 3.05) is 31.2 Å². The molecule has 1 aliphatic heterocycles. The Morgan fingerprint density at radius 3 is 2.65 bits per heavy atom. The number of fused-ring (bicyclic) bond motifs is 1. The van der Waals surface area contributed by atoms with Crippen LogP contribution in [0.5, 0.6) is 0 Å². The van der Waals surface area contributed by atoms with Gasteiger partial charge in [0.2, 0.25) is 0 Å². The molecule has 4 aromatic rings. The number of halogens is 1. The van der Waals surface area contributed by atoms with Gasteiger partial charge in [-0.05, 0) is 55.0 Å². The van der Waals surface area contributed by atoms with Gasteiger partial charge in [0.1, 0.15) is 23.1 Å². The molecule has 2 fully saturated rings. The number of ether oxygens (including phenoxy) is 1. The lowest BCUT2D eigenvalue weighted by Gasteiger charge is -2.28. The maximum atomic E-state index is 14.6. The number of aryl methyl sites for hydroxylation is 1. The molecule has 0 bridgehead atoms. The van der Waals surface area contributed by atoms with Gasteiger partial charge in [-0.15, -0.1) is 0 Å². The molecule has 4 aromatic heterocycles. The summed E-state index contributed by atoms with van der Waals surface area (Å²) in [6.07, 6.45) is 9.01. The highest BCUT2D eigenvalue weighted by Crippen LogP contribution is 2.42. The molecule has 0 spiro atoms. The minimum atomic E-state index is -0.163. The average Bonchev–Trinajstić information content (AvgIpc) is 3.58. The fraction of sp³-hybridized carbons (Fsp3) is 0.385. The summed E-state index contributed by atoms with van der Waals surface area (Å²) in [5.74, 6) is 1.78. The van der Waals surface area contributed by atoms with Crippen LogP contribution in [0.1, 0.15) is 52.8 Å². The van der Waals surface area contributed by atoms with Gasteiger partial charge in [0, 0.05) is 49.9 Å². The van der Waals surface area contributed by atoms with Crippen molar-refractivity contribution in [3.05, 3.63) is 82.7 Å². The molecular formula is C26H27FN6O. The maximum Gasteiger partial charge on any atom is 0.147 e. The fourth-order valence-electron chi connectivity index (χ4n) is 4.62. The zero-order chi connectivity index (χ0) is 23.1. The second kappa shape index (κ2) is 8.76. The first kappa shape index (κ1) is 21.2. The second-order valence-corrected chi connectivity index (χ2v) is 9.19. The molecule has 2 aliphatic rings. The molecule has 1 saturated carbocycles. The molecule has 0 N–H and O–H groups in total. The molecule has 8 heteroatoms. The highest BCUT2D eigenvalue weighted by molar-refractivity contribution is 5.45. The Hall–Kier alpha value is -3.39. The summed E-state index contributed by atoms with van der Waals surface area (Å²) < 4.78 is 22.1. The summed E-state index contributed by atoms with van der Waals surface area (Å²) in [5.41, 5.74) is 5.08. The summed E-state index contributed by atoms with van der Waals surface area (Å²) in [5, 5.41) is 0. The van der Waals surface area contributed by atoms with Gasteiger partial charge in [0.25, 0.3) is 0 Å². The Morgan fingerprint density at radius 2 is 1.82 bits per heavy atom. The molecule has 34 heavy (non-hydrogen) atoms. The summed E-state index contributed by atoms with van der Waals surface area (Å²) in [6.45, 7) is 4.72. The predicted molar refractivity (Wildman–Crippen MR) is 127 cm³/mol. The SMILES string of the molecule is Cc1nc(Cc2nc(Cc3ccn4ccnc4c3)cc(N3CCOCC3)n2)cc(C2CC2)c1F.